The first kappa shape index (κ1) is 20.6. The van der Waals surface area contributed by atoms with Crippen LogP contribution in [0.1, 0.15) is 42.3 Å². The molecule has 0 saturated heterocycles. The van der Waals surface area contributed by atoms with Crippen molar-refractivity contribution in [1.29, 1.82) is 0 Å². The average molecular weight is 367 g/mol. The number of rotatable bonds is 5. The lowest BCUT2D eigenvalue weighted by Crippen LogP contribution is -2.27. The molecule has 2 aromatic carbocycles. The smallest absolute Gasteiger partial charge is 0.255 e. The fourth-order valence-corrected chi connectivity index (χ4v) is 2.52. The molecule has 0 unspecified atom stereocenters. The molecular formula is C22H29N3O2. The Morgan fingerprint density at radius 2 is 1.59 bits per heavy atom. The molecule has 144 valence electrons. The van der Waals surface area contributed by atoms with E-state index >= 15 is 0 Å². The molecule has 0 atom stereocenters. The number of hydrogen-bond acceptors (Lipinski definition) is 3. The Kier molecular flexibility index (Phi) is 6.39. The number of anilines is 2. The summed E-state index contributed by atoms with van der Waals surface area (Å²) >= 11 is 0. The average Bonchev–Trinajstić information content (AvgIpc) is 2.56. The summed E-state index contributed by atoms with van der Waals surface area (Å²) in [6, 6.07) is 13.1. The van der Waals surface area contributed by atoms with Crippen LogP contribution in [0.5, 0.6) is 0 Å². The van der Waals surface area contributed by atoms with E-state index in [1.54, 1.807) is 6.07 Å². The van der Waals surface area contributed by atoms with E-state index in [4.69, 9.17) is 0 Å². The first-order valence-electron chi connectivity index (χ1n) is 9.03. The summed E-state index contributed by atoms with van der Waals surface area (Å²) in [7, 11) is 4.02. The van der Waals surface area contributed by atoms with Gasteiger partial charge in [-0.05, 0) is 62.5 Å². The molecule has 0 aliphatic heterocycles. The maximum atomic E-state index is 12.5. The Balaban J connectivity index is 2.06. The molecule has 0 radical (unpaired) electrons. The van der Waals surface area contributed by atoms with Gasteiger partial charge in [0, 0.05) is 28.9 Å². The van der Waals surface area contributed by atoms with Gasteiger partial charge in [0.15, 0.2) is 0 Å². The largest absolute Gasteiger partial charge is 0.325 e. The maximum Gasteiger partial charge on any atom is 0.255 e. The van der Waals surface area contributed by atoms with Crippen LogP contribution >= 0.6 is 0 Å². The van der Waals surface area contributed by atoms with Gasteiger partial charge in [-0.2, -0.15) is 0 Å². The van der Waals surface area contributed by atoms with E-state index in [1.165, 1.54) is 0 Å². The van der Waals surface area contributed by atoms with Crippen molar-refractivity contribution < 1.29 is 9.59 Å². The zero-order valence-corrected chi connectivity index (χ0v) is 17.0. The highest BCUT2D eigenvalue weighted by Gasteiger charge is 2.21. The minimum Gasteiger partial charge on any atom is -0.325 e. The minimum absolute atomic E-state index is 0.0415. The minimum atomic E-state index is -0.460. The second-order valence-corrected chi connectivity index (χ2v) is 8.12. The van der Waals surface area contributed by atoms with Crippen LogP contribution in [0.25, 0.3) is 0 Å². The van der Waals surface area contributed by atoms with Gasteiger partial charge in [0.05, 0.1) is 0 Å². The Morgan fingerprint density at radius 3 is 2.11 bits per heavy atom. The molecule has 0 heterocycles. The molecule has 5 heteroatoms. The van der Waals surface area contributed by atoms with E-state index in [0.29, 0.717) is 11.3 Å². The van der Waals surface area contributed by atoms with E-state index in [2.05, 4.69) is 15.5 Å². The third-order valence-corrected chi connectivity index (χ3v) is 4.13. The van der Waals surface area contributed by atoms with Crippen LogP contribution in [0, 0.1) is 12.3 Å². The molecule has 27 heavy (non-hydrogen) atoms. The summed E-state index contributed by atoms with van der Waals surface area (Å²) in [6.45, 7) is 8.36. The molecule has 0 spiro atoms. The normalized spacial score (nSPS) is 11.4. The lowest BCUT2D eigenvalue weighted by Gasteiger charge is -2.19. The van der Waals surface area contributed by atoms with Gasteiger partial charge in [-0.25, -0.2) is 0 Å². The number of benzene rings is 2. The van der Waals surface area contributed by atoms with Gasteiger partial charge >= 0.3 is 0 Å². The van der Waals surface area contributed by atoms with Crippen LogP contribution < -0.4 is 10.6 Å². The number of carbonyl (C=O) groups is 2. The molecule has 2 aromatic rings. The highest BCUT2D eigenvalue weighted by molar-refractivity contribution is 6.04. The van der Waals surface area contributed by atoms with Crippen molar-refractivity contribution in [2.24, 2.45) is 5.41 Å². The van der Waals surface area contributed by atoms with Gasteiger partial charge < -0.3 is 15.5 Å². The molecule has 0 fully saturated rings. The highest BCUT2D eigenvalue weighted by Crippen LogP contribution is 2.23. The van der Waals surface area contributed by atoms with Crippen molar-refractivity contribution in [3.05, 3.63) is 59.2 Å². The van der Waals surface area contributed by atoms with Crippen molar-refractivity contribution >= 4 is 23.2 Å². The van der Waals surface area contributed by atoms with Crippen LogP contribution in [0.15, 0.2) is 42.5 Å². The number of amides is 2. The van der Waals surface area contributed by atoms with E-state index in [1.807, 2.05) is 78.2 Å². The van der Waals surface area contributed by atoms with Crippen LogP contribution in [-0.2, 0) is 11.3 Å². The van der Waals surface area contributed by atoms with Crippen molar-refractivity contribution in [1.82, 2.24) is 4.90 Å². The lowest BCUT2D eigenvalue weighted by molar-refractivity contribution is -0.123. The second kappa shape index (κ2) is 8.35. The van der Waals surface area contributed by atoms with E-state index in [0.717, 1.165) is 23.4 Å². The third kappa shape index (κ3) is 5.93. The number of nitrogens with one attached hydrogen (secondary N) is 2. The zero-order chi connectivity index (χ0) is 20.2. The molecule has 0 aliphatic rings. The third-order valence-electron chi connectivity index (χ3n) is 4.13. The highest BCUT2D eigenvalue weighted by atomic mass is 16.2. The summed E-state index contributed by atoms with van der Waals surface area (Å²) in [6.07, 6.45) is 0. The van der Waals surface area contributed by atoms with Crippen molar-refractivity contribution in [2.45, 2.75) is 34.2 Å². The predicted octanol–water partition coefficient (Wildman–Crippen LogP) is 4.29. The number of nitrogens with zero attached hydrogens (tertiary/aromatic N) is 1. The zero-order valence-electron chi connectivity index (χ0n) is 17.0. The van der Waals surface area contributed by atoms with Gasteiger partial charge in [0.1, 0.15) is 0 Å². The molecule has 2 amide bonds. The fourth-order valence-electron chi connectivity index (χ4n) is 2.52. The Bertz CT molecular complexity index is 818. The number of carbonyl (C=O) groups excluding carboxylic acids is 2. The van der Waals surface area contributed by atoms with Crippen molar-refractivity contribution in [2.75, 3.05) is 24.7 Å². The fraction of sp³-hybridized carbons (Fsp3) is 0.364. The summed E-state index contributed by atoms with van der Waals surface area (Å²) in [4.78, 5) is 26.7. The Hall–Kier alpha value is -2.66. The maximum absolute atomic E-state index is 12.5. The van der Waals surface area contributed by atoms with E-state index < -0.39 is 5.41 Å². The molecular weight excluding hydrogens is 338 g/mol. The first-order chi connectivity index (χ1) is 12.6. The van der Waals surface area contributed by atoms with Gasteiger partial charge in [-0.3, -0.25) is 9.59 Å². The van der Waals surface area contributed by atoms with Crippen LogP contribution in [-0.4, -0.2) is 30.8 Å². The molecule has 2 N–H and O–H groups in total. The summed E-state index contributed by atoms with van der Waals surface area (Å²) in [5.74, 6) is -0.197. The molecule has 0 aliphatic carbocycles. The van der Waals surface area contributed by atoms with E-state index in [-0.39, 0.29) is 11.8 Å². The quantitative estimate of drug-likeness (QED) is 0.828. The SMILES string of the molecule is Cc1cc(NC(=O)c2ccc(CN(C)C)cc2)ccc1NC(=O)C(C)(C)C. The molecule has 2 rings (SSSR count). The van der Waals surface area contributed by atoms with Crippen LogP contribution in [0.4, 0.5) is 11.4 Å². The van der Waals surface area contributed by atoms with Crippen LogP contribution in [0.2, 0.25) is 0 Å². The van der Waals surface area contributed by atoms with Gasteiger partial charge in [0.25, 0.3) is 5.91 Å². The van der Waals surface area contributed by atoms with Crippen molar-refractivity contribution in [3.8, 4) is 0 Å². The molecule has 0 saturated carbocycles. The summed E-state index contributed by atoms with van der Waals surface area (Å²) < 4.78 is 0. The number of aryl methyl sites for hydroxylation is 1. The lowest BCUT2D eigenvalue weighted by atomic mass is 9.95. The molecule has 0 aromatic heterocycles. The summed E-state index contributed by atoms with van der Waals surface area (Å²) in [5, 5.41) is 5.84. The van der Waals surface area contributed by atoms with Gasteiger partial charge in [-0.15, -0.1) is 0 Å². The van der Waals surface area contributed by atoms with Crippen LogP contribution in [0.3, 0.4) is 0 Å². The monoisotopic (exact) mass is 367 g/mol. The Labute approximate surface area is 161 Å². The standard InChI is InChI=1S/C22H29N3O2/c1-15-13-18(11-12-19(15)24-21(27)22(2,3)4)23-20(26)17-9-7-16(8-10-17)14-25(5)6/h7-13H,14H2,1-6H3,(H,23,26)(H,24,27). The number of hydrogen-bond donors (Lipinski definition) is 2. The van der Waals surface area contributed by atoms with Gasteiger partial charge in [0.2, 0.25) is 5.91 Å². The Morgan fingerprint density at radius 1 is 0.963 bits per heavy atom. The summed E-state index contributed by atoms with van der Waals surface area (Å²) in [5.41, 5.74) is 3.65. The topological polar surface area (TPSA) is 61.4 Å². The second-order valence-electron chi connectivity index (χ2n) is 8.12. The van der Waals surface area contributed by atoms with Crippen molar-refractivity contribution in [3.63, 3.8) is 0 Å². The predicted molar refractivity (Wildman–Crippen MR) is 111 cm³/mol. The van der Waals surface area contributed by atoms with E-state index in [9.17, 15) is 9.59 Å². The van der Waals surface area contributed by atoms with Gasteiger partial charge in [-0.1, -0.05) is 32.9 Å². The molecule has 5 nitrogen and oxygen atoms in total. The molecule has 0 bridgehead atoms. The first-order valence-corrected chi connectivity index (χ1v) is 9.03.